The summed E-state index contributed by atoms with van der Waals surface area (Å²) in [6.45, 7) is 5.50. The van der Waals surface area contributed by atoms with Crippen molar-refractivity contribution in [3.63, 3.8) is 0 Å². The molecule has 1 fully saturated rings. The van der Waals surface area contributed by atoms with E-state index in [0.717, 1.165) is 6.42 Å². The number of sulfonamides is 1. The van der Waals surface area contributed by atoms with Crippen LogP contribution in [0.2, 0.25) is 0 Å². The molecule has 1 aliphatic heterocycles. The van der Waals surface area contributed by atoms with Crippen LogP contribution in [-0.4, -0.2) is 67.2 Å². The van der Waals surface area contributed by atoms with Crippen LogP contribution >= 0.6 is 0 Å². The average Bonchev–Trinajstić information content (AvgIpc) is 2.65. The smallest absolute Gasteiger partial charge is 0.289 e. The zero-order valence-corrected chi connectivity index (χ0v) is 15.7. The zero-order chi connectivity index (χ0) is 19.3. The predicted molar refractivity (Wildman–Crippen MR) is 96.2 cm³/mol. The average molecular weight is 384 g/mol. The van der Waals surface area contributed by atoms with Crippen molar-refractivity contribution in [3.8, 4) is 0 Å². The monoisotopic (exact) mass is 384 g/mol. The fourth-order valence-electron chi connectivity index (χ4n) is 2.86. The minimum atomic E-state index is -3.96. The highest BCUT2D eigenvalue weighted by atomic mass is 32.2. The lowest BCUT2D eigenvalue weighted by Gasteiger charge is -2.36. The number of hydrogen-bond acceptors (Lipinski definition) is 6. The molecule has 0 aliphatic carbocycles. The maximum Gasteiger partial charge on any atom is 0.289 e. The van der Waals surface area contributed by atoms with E-state index in [4.69, 9.17) is 0 Å². The van der Waals surface area contributed by atoms with Crippen molar-refractivity contribution in [1.82, 2.24) is 14.5 Å². The van der Waals surface area contributed by atoms with Gasteiger partial charge >= 0.3 is 0 Å². The van der Waals surface area contributed by atoms with Gasteiger partial charge in [0.05, 0.1) is 11.0 Å². The van der Waals surface area contributed by atoms with E-state index in [0.29, 0.717) is 19.6 Å². The van der Waals surface area contributed by atoms with Crippen molar-refractivity contribution in [2.75, 3.05) is 32.7 Å². The second-order valence-corrected chi connectivity index (χ2v) is 8.04. The Hall–Kier alpha value is -2.04. The number of para-hydroxylation sites is 1. The molecule has 1 heterocycles. The Labute approximate surface area is 153 Å². The molecule has 26 heavy (non-hydrogen) atoms. The van der Waals surface area contributed by atoms with Gasteiger partial charge in [-0.15, -0.1) is 0 Å². The molecule has 1 aliphatic rings. The van der Waals surface area contributed by atoms with Crippen LogP contribution in [0.15, 0.2) is 29.2 Å². The van der Waals surface area contributed by atoms with Gasteiger partial charge in [0.15, 0.2) is 4.90 Å². The molecule has 144 valence electrons. The first kappa shape index (κ1) is 20.3. The molecule has 0 bridgehead atoms. The zero-order valence-electron chi connectivity index (χ0n) is 14.9. The van der Waals surface area contributed by atoms with E-state index in [2.05, 4.69) is 5.32 Å². The SMILES string of the molecule is CCCNC(=O)[C@@H](C)N1CCN(S(=O)(=O)c2ccccc2[N+](=O)[O-])CC1. The Morgan fingerprint density at radius 3 is 2.46 bits per heavy atom. The van der Waals surface area contributed by atoms with Crippen molar-refractivity contribution >= 4 is 21.6 Å². The fourth-order valence-corrected chi connectivity index (χ4v) is 4.44. The molecule has 0 spiro atoms. The summed E-state index contributed by atoms with van der Waals surface area (Å²) in [5.74, 6) is -0.0816. The largest absolute Gasteiger partial charge is 0.355 e. The number of hydrogen-bond donors (Lipinski definition) is 1. The summed E-state index contributed by atoms with van der Waals surface area (Å²) in [6.07, 6.45) is 0.848. The summed E-state index contributed by atoms with van der Waals surface area (Å²) >= 11 is 0. The van der Waals surface area contributed by atoms with E-state index in [9.17, 15) is 23.3 Å². The first-order chi connectivity index (χ1) is 12.3. The van der Waals surface area contributed by atoms with Crippen LogP contribution in [0.25, 0.3) is 0 Å². The van der Waals surface area contributed by atoms with Gasteiger partial charge in [-0.1, -0.05) is 19.1 Å². The highest BCUT2D eigenvalue weighted by Gasteiger charge is 2.35. The number of nitrogens with one attached hydrogen (secondary N) is 1. The third kappa shape index (κ3) is 4.37. The van der Waals surface area contributed by atoms with Gasteiger partial charge in [-0.25, -0.2) is 8.42 Å². The number of amides is 1. The Morgan fingerprint density at radius 1 is 1.27 bits per heavy atom. The Kier molecular flexibility index (Phi) is 6.68. The molecule has 0 aromatic heterocycles. The van der Waals surface area contributed by atoms with Gasteiger partial charge in [0.1, 0.15) is 0 Å². The lowest BCUT2D eigenvalue weighted by molar-refractivity contribution is -0.387. The molecular formula is C16H24N4O5S. The van der Waals surface area contributed by atoms with E-state index >= 15 is 0 Å². The van der Waals surface area contributed by atoms with E-state index in [1.54, 1.807) is 6.92 Å². The van der Waals surface area contributed by atoms with Crippen LogP contribution in [-0.2, 0) is 14.8 Å². The highest BCUT2D eigenvalue weighted by molar-refractivity contribution is 7.89. The van der Waals surface area contributed by atoms with Crippen molar-refractivity contribution in [3.05, 3.63) is 34.4 Å². The number of rotatable bonds is 7. The Balaban J connectivity index is 2.08. The first-order valence-corrected chi connectivity index (χ1v) is 9.98. The van der Waals surface area contributed by atoms with Crippen LogP contribution in [0.4, 0.5) is 5.69 Å². The van der Waals surface area contributed by atoms with Crippen LogP contribution in [0, 0.1) is 10.1 Å². The topological polar surface area (TPSA) is 113 Å². The molecule has 1 amide bonds. The van der Waals surface area contributed by atoms with Crippen LogP contribution in [0.5, 0.6) is 0 Å². The number of nitro groups is 1. The molecule has 0 saturated carbocycles. The molecule has 10 heteroatoms. The third-order valence-electron chi connectivity index (χ3n) is 4.43. The van der Waals surface area contributed by atoms with E-state index in [-0.39, 0.29) is 29.9 Å². The van der Waals surface area contributed by atoms with Gasteiger partial charge in [0, 0.05) is 38.8 Å². The molecule has 1 N–H and O–H groups in total. The number of carbonyl (C=O) groups is 1. The summed E-state index contributed by atoms with van der Waals surface area (Å²) in [7, 11) is -3.96. The van der Waals surface area contributed by atoms with E-state index in [1.165, 1.54) is 28.6 Å². The quantitative estimate of drug-likeness (QED) is 0.550. The number of nitrogens with zero attached hydrogens (tertiary/aromatic N) is 3. The molecule has 1 atom stereocenters. The van der Waals surface area contributed by atoms with Crippen LogP contribution in [0.3, 0.4) is 0 Å². The number of nitro benzene ring substituents is 1. The third-order valence-corrected chi connectivity index (χ3v) is 6.38. The maximum absolute atomic E-state index is 12.8. The summed E-state index contributed by atoms with van der Waals surface area (Å²) in [6, 6.07) is 4.99. The first-order valence-electron chi connectivity index (χ1n) is 8.54. The van der Waals surface area contributed by atoms with Crippen molar-refractivity contribution in [2.45, 2.75) is 31.2 Å². The lowest BCUT2D eigenvalue weighted by Crippen LogP contribution is -2.54. The van der Waals surface area contributed by atoms with Gasteiger partial charge in [0.25, 0.3) is 5.69 Å². The molecule has 1 saturated heterocycles. The molecule has 2 rings (SSSR count). The van der Waals surface area contributed by atoms with Gasteiger partial charge in [-0.05, 0) is 19.4 Å². The standard InChI is InChI=1S/C16H24N4O5S/c1-3-8-17-16(21)13(2)18-9-11-19(12-10-18)26(24,25)15-7-5-4-6-14(15)20(22)23/h4-7,13H,3,8-12H2,1-2H3,(H,17,21)/t13-/m1/s1. The minimum absolute atomic E-state index is 0.0816. The summed E-state index contributed by atoms with van der Waals surface area (Å²) in [4.78, 5) is 24.1. The van der Waals surface area contributed by atoms with E-state index < -0.39 is 20.6 Å². The lowest BCUT2D eigenvalue weighted by atomic mass is 10.2. The second kappa shape index (κ2) is 8.56. The minimum Gasteiger partial charge on any atom is -0.355 e. The Bertz CT molecular complexity index is 760. The highest BCUT2D eigenvalue weighted by Crippen LogP contribution is 2.27. The van der Waals surface area contributed by atoms with Gasteiger partial charge in [0.2, 0.25) is 15.9 Å². The summed E-state index contributed by atoms with van der Waals surface area (Å²) < 4.78 is 26.8. The molecule has 1 aromatic carbocycles. The second-order valence-electron chi connectivity index (χ2n) is 6.13. The van der Waals surface area contributed by atoms with Gasteiger partial charge in [-0.2, -0.15) is 4.31 Å². The van der Waals surface area contributed by atoms with E-state index in [1.807, 2.05) is 11.8 Å². The molecule has 9 nitrogen and oxygen atoms in total. The van der Waals surface area contributed by atoms with Crippen molar-refractivity contribution < 1.29 is 18.1 Å². The number of piperazine rings is 1. The molecular weight excluding hydrogens is 360 g/mol. The van der Waals surface area contributed by atoms with Crippen molar-refractivity contribution in [1.29, 1.82) is 0 Å². The number of carbonyl (C=O) groups excluding carboxylic acids is 1. The summed E-state index contributed by atoms with van der Waals surface area (Å²) in [5.41, 5.74) is -0.428. The van der Waals surface area contributed by atoms with Crippen LogP contribution < -0.4 is 5.32 Å². The van der Waals surface area contributed by atoms with Gasteiger partial charge in [-0.3, -0.25) is 19.8 Å². The fraction of sp³-hybridized carbons (Fsp3) is 0.562. The number of benzene rings is 1. The van der Waals surface area contributed by atoms with Gasteiger partial charge < -0.3 is 5.32 Å². The predicted octanol–water partition coefficient (Wildman–Crippen LogP) is 0.816. The van der Waals surface area contributed by atoms with Crippen LogP contribution in [0.1, 0.15) is 20.3 Å². The molecule has 1 aromatic rings. The maximum atomic E-state index is 12.8. The van der Waals surface area contributed by atoms with Crippen molar-refractivity contribution in [2.24, 2.45) is 0 Å². The summed E-state index contributed by atoms with van der Waals surface area (Å²) in [5, 5.41) is 14.0. The normalized spacial score (nSPS) is 17.6. The Morgan fingerprint density at radius 2 is 1.88 bits per heavy atom. The molecule has 0 radical (unpaired) electrons. The molecule has 0 unspecified atom stereocenters.